The Morgan fingerprint density at radius 2 is 1.76 bits per heavy atom. The number of methoxy groups -OCH3 is 2. The maximum absolute atomic E-state index is 5.54. The third-order valence-electron chi connectivity index (χ3n) is 6.26. The zero-order chi connectivity index (χ0) is 17.2. The number of hydrogen-bond donors (Lipinski definition) is 0. The summed E-state index contributed by atoms with van der Waals surface area (Å²) in [7, 11) is 3.43. The Kier molecular flexibility index (Phi) is 5.00. The van der Waals surface area contributed by atoms with Crippen LogP contribution in [0.15, 0.2) is 30.4 Å². The quantitative estimate of drug-likeness (QED) is 0.742. The molecule has 3 aliphatic rings. The summed E-state index contributed by atoms with van der Waals surface area (Å²) in [6, 6.07) is 6.14. The van der Waals surface area contributed by atoms with Gasteiger partial charge in [-0.25, -0.2) is 0 Å². The summed E-state index contributed by atoms with van der Waals surface area (Å²) in [5.74, 6) is 4.44. The highest BCUT2D eigenvalue weighted by Gasteiger charge is 2.36. The largest absolute Gasteiger partial charge is 0.497 e. The maximum atomic E-state index is 5.54. The lowest BCUT2D eigenvalue weighted by molar-refractivity contribution is 0.108. The highest BCUT2D eigenvalue weighted by molar-refractivity contribution is 5.40. The molecule has 1 aromatic rings. The van der Waals surface area contributed by atoms with Gasteiger partial charge < -0.3 is 14.4 Å². The van der Waals surface area contributed by atoms with Crippen molar-refractivity contribution in [3.05, 3.63) is 35.9 Å². The average Bonchev–Trinajstić information content (AvgIpc) is 3.26. The van der Waals surface area contributed by atoms with Gasteiger partial charge in [0.15, 0.2) is 0 Å². The monoisotopic (exact) mass is 342 g/mol. The molecule has 4 heteroatoms. The van der Waals surface area contributed by atoms with Crippen molar-refractivity contribution in [2.24, 2.45) is 17.8 Å². The van der Waals surface area contributed by atoms with Crippen molar-refractivity contribution in [3.63, 3.8) is 0 Å². The van der Waals surface area contributed by atoms with Crippen LogP contribution in [-0.2, 0) is 6.54 Å². The molecule has 2 fully saturated rings. The first-order valence-corrected chi connectivity index (χ1v) is 9.59. The minimum Gasteiger partial charge on any atom is -0.497 e. The van der Waals surface area contributed by atoms with Crippen LogP contribution in [0.3, 0.4) is 0 Å². The van der Waals surface area contributed by atoms with Gasteiger partial charge in [-0.05, 0) is 36.7 Å². The van der Waals surface area contributed by atoms with Crippen molar-refractivity contribution < 1.29 is 9.47 Å². The molecule has 1 aromatic carbocycles. The van der Waals surface area contributed by atoms with Gasteiger partial charge in [-0.1, -0.05) is 18.2 Å². The Morgan fingerprint density at radius 1 is 0.960 bits per heavy atom. The molecular formula is C21H30N2O2. The average molecular weight is 342 g/mol. The van der Waals surface area contributed by atoms with E-state index in [0.717, 1.165) is 48.9 Å². The van der Waals surface area contributed by atoms with Gasteiger partial charge in [0.1, 0.15) is 11.5 Å². The minimum absolute atomic E-state index is 0.852. The number of allylic oxidation sites excluding steroid dienone is 2. The molecular weight excluding hydrogens is 312 g/mol. The van der Waals surface area contributed by atoms with Gasteiger partial charge in [-0.15, -0.1) is 0 Å². The van der Waals surface area contributed by atoms with Crippen molar-refractivity contribution >= 4 is 0 Å². The van der Waals surface area contributed by atoms with Gasteiger partial charge in [0.2, 0.25) is 0 Å². The molecule has 136 valence electrons. The van der Waals surface area contributed by atoms with Crippen LogP contribution >= 0.6 is 0 Å². The molecule has 1 aliphatic heterocycles. The van der Waals surface area contributed by atoms with Crippen LogP contribution in [-0.4, -0.2) is 56.7 Å². The van der Waals surface area contributed by atoms with Gasteiger partial charge in [0, 0.05) is 50.9 Å². The Morgan fingerprint density at radius 3 is 2.40 bits per heavy atom. The summed E-state index contributed by atoms with van der Waals surface area (Å²) in [5, 5.41) is 0. The molecule has 4 rings (SSSR count). The highest BCUT2D eigenvalue weighted by Crippen LogP contribution is 2.43. The number of rotatable bonds is 6. The number of hydrogen-bond acceptors (Lipinski definition) is 4. The van der Waals surface area contributed by atoms with Gasteiger partial charge >= 0.3 is 0 Å². The molecule has 4 nitrogen and oxygen atoms in total. The summed E-state index contributed by atoms with van der Waals surface area (Å²) in [6.45, 7) is 6.92. The zero-order valence-electron chi connectivity index (χ0n) is 15.5. The molecule has 0 aromatic heterocycles. The fourth-order valence-corrected chi connectivity index (χ4v) is 4.79. The van der Waals surface area contributed by atoms with Crippen LogP contribution < -0.4 is 9.47 Å². The van der Waals surface area contributed by atoms with Crippen LogP contribution in [0.1, 0.15) is 18.4 Å². The standard InChI is InChI=1S/C21H30N2O2/c1-24-20-6-5-18(21(13-20)25-2)14-22-7-9-23(10-8-22)15-19-12-16-3-4-17(19)11-16/h3-6,13,16-17,19H,7-12,14-15H2,1-2H3/t16-,17+,19-/m0/s1. The Balaban J connectivity index is 1.28. The first kappa shape index (κ1) is 16.9. The predicted octanol–water partition coefficient (Wildman–Crippen LogP) is 3.03. The van der Waals surface area contributed by atoms with E-state index in [9.17, 15) is 0 Å². The van der Waals surface area contributed by atoms with Crippen molar-refractivity contribution in [1.29, 1.82) is 0 Å². The van der Waals surface area contributed by atoms with Crippen molar-refractivity contribution in [2.45, 2.75) is 19.4 Å². The Bertz CT molecular complexity index is 622. The summed E-state index contributed by atoms with van der Waals surface area (Å²) in [5.41, 5.74) is 1.25. The second kappa shape index (κ2) is 7.38. The topological polar surface area (TPSA) is 24.9 Å². The van der Waals surface area contributed by atoms with E-state index in [4.69, 9.17) is 9.47 Å². The van der Waals surface area contributed by atoms with E-state index in [1.807, 2.05) is 12.1 Å². The number of benzene rings is 1. The third kappa shape index (κ3) is 3.70. The molecule has 0 amide bonds. The van der Waals surface area contributed by atoms with Crippen LogP contribution in [0.25, 0.3) is 0 Å². The Labute approximate surface area is 151 Å². The second-order valence-electron chi connectivity index (χ2n) is 7.79. The molecule has 0 spiro atoms. The van der Waals surface area contributed by atoms with Crippen LogP contribution in [0, 0.1) is 17.8 Å². The number of piperazine rings is 1. The van der Waals surface area contributed by atoms with Crippen molar-refractivity contribution in [1.82, 2.24) is 9.80 Å². The molecule has 1 heterocycles. The van der Waals surface area contributed by atoms with Gasteiger partial charge in [0.25, 0.3) is 0 Å². The van der Waals surface area contributed by atoms with Crippen LogP contribution in [0.4, 0.5) is 0 Å². The second-order valence-corrected chi connectivity index (χ2v) is 7.79. The summed E-state index contributed by atoms with van der Waals surface area (Å²) in [4.78, 5) is 5.22. The van der Waals surface area contributed by atoms with E-state index in [1.54, 1.807) is 14.2 Å². The van der Waals surface area contributed by atoms with Gasteiger partial charge in [0.05, 0.1) is 14.2 Å². The van der Waals surface area contributed by atoms with E-state index in [-0.39, 0.29) is 0 Å². The van der Waals surface area contributed by atoms with E-state index >= 15 is 0 Å². The first-order chi connectivity index (χ1) is 12.2. The zero-order valence-corrected chi connectivity index (χ0v) is 15.5. The molecule has 1 saturated carbocycles. The number of fused-ring (bicyclic) bond motifs is 2. The van der Waals surface area contributed by atoms with E-state index in [2.05, 4.69) is 28.0 Å². The van der Waals surface area contributed by atoms with E-state index in [1.165, 1.54) is 38.0 Å². The molecule has 0 radical (unpaired) electrons. The fraction of sp³-hybridized carbons (Fsp3) is 0.619. The first-order valence-electron chi connectivity index (χ1n) is 9.59. The fourth-order valence-electron chi connectivity index (χ4n) is 4.79. The molecule has 0 N–H and O–H groups in total. The van der Waals surface area contributed by atoms with E-state index in [0.29, 0.717) is 0 Å². The minimum atomic E-state index is 0.852. The molecule has 2 aliphatic carbocycles. The predicted molar refractivity (Wildman–Crippen MR) is 100 cm³/mol. The molecule has 1 saturated heterocycles. The highest BCUT2D eigenvalue weighted by atomic mass is 16.5. The van der Waals surface area contributed by atoms with Gasteiger partial charge in [-0.3, -0.25) is 4.90 Å². The molecule has 2 bridgehead atoms. The Hall–Kier alpha value is -1.52. The molecule has 0 unspecified atom stereocenters. The summed E-state index contributed by atoms with van der Waals surface area (Å²) >= 11 is 0. The van der Waals surface area contributed by atoms with Gasteiger partial charge in [-0.2, -0.15) is 0 Å². The van der Waals surface area contributed by atoms with Crippen molar-refractivity contribution in [3.8, 4) is 11.5 Å². The summed E-state index contributed by atoms with van der Waals surface area (Å²) < 4.78 is 10.8. The normalized spacial score (nSPS) is 29.3. The number of ether oxygens (including phenoxy) is 2. The SMILES string of the molecule is COc1ccc(CN2CCN(C[C@@H]3C[C@H]4C=C[C@@H]3C4)CC2)c(OC)c1. The molecule has 25 heavy (non-hydrogen) atoms. The van der Waals surface area contributed by atoms with Crippen LogP contribution in [0.5, 0.6) is 11.5 Å². The van der Waals surface area contributed by atoms with Crippen molar-refractivity contribution in [2.75, 3.05) is 46.9 Å². The maximum Gasteiger partial charge on any atom is 0.127 e. The summed E-state index contributed by atoms with van der Waals surface area (Å²) in [6.07, 6.45) is 7.76. The molecule has 3 atom stereocenters. The lowest BCUT2D eigenvalue weighted by Crippen LogP contribution is -2.47. The smallest absolute Gasteiger partial charge is 0.127 e. The third-order valence-corrected chi connectivity index (χ3v) is 6.26. The van der Waals surface area contributed by atoms with Crippen LogP contribution in [0.2, 0.25) is 0 Å². The van der Waals surface area contributed by atoms with E-state index < -0.39 is 0 Å². The lowest BCUT2D eigenvalue weighted by atomic mass is 9.93. The number of nitrogens with zero attached hydrogens (tertiary/aromatic N) is 2. The lowest BCUT2D eigenvalue weighted by Gasteiger charge is -2.37.